The Labute approximate surface area is 131 Å². The Morgan fingerprint density at radius 3 is 2.14 bits per heavy atom. The largest absolute Gasteiger partial charge is 0.480 e. The van der Waals surface area contributed by atoms with Crippen molar-refractivity contribution in [3.05, 3.63) is 0 Å². The van der Waals surface area contributed by atoms with Crippen molar-refractivity contribution < 1.29 is 14.7 Å². The Morgan fingerprint density at radius 2 is 1.73 bits per heavy atom. The smallest absolute Gasteiger partial charge is 0.326 e. The van der Waals surface area contributed by atoms with Crippen LogP contribution >= 0.6 is 0 Å². The Morgan fingerprint density at radius 1 is 1.23 bits per heavy atom. The molecule has 0 aromatic carbocycles. The molecule has 4 aliphatic rings. The van der Waals surface area contributed by atoms with Gasteiger partial charge in [0.25, 0.3) is 0 Å². The number of carboxylic acids is 1. The van der Waals surface area contributed by atoms with Crippen LogP contribution in [0, 0.1) is 40.4 Å². The average molecular weight is 304 g/mol. The van der Waals surface area contributed by atoms with Gasteiger partial charge in [-0.25, -0.2) is 4.79 Å². The maximum atomic E-state index is 12.9. The zero-order valence-corrected chi connectivity index (χ0v) is 13.0. The van der Waals surface area contributed by atoms with Gasteiger partial charge in [-0.15, -0.1) is 0 Å². The predicted molar refractivity (Wildman–Crippen MR) is 79.6 cm³/mol. The number of nitrogens with one attached hydrogen (secondary N) is 1. The van der Waals surface area contributed by atoms with E-state index in [4.69, 9.17) is 5.26 Å². The highest BCUT2D eigenvalue weighted by Crippen LogP contribution is 2.60. The molecule has 4 aliphatic carbocycles. The maximum absolute atomic E-state index is 12.9. The molecular weight excluding hydrogens is 280 g/mol. The number of rotatable bonds is 5. The standard InChI is InChI=1S/C17H24N2O3/c1-10(2-3-18)14(15(20)21)19-16(22)17-7-11-4-12(8-17)6-13(5-11)9-17/h10-14H,2,4-9H2,1H3,(H,19,22)(H,20,21)/t10-,11?,12?,13?,14-,17?/m1/s1. The average Bonchev–Trinajstić information content (AvgIpc) is 2.42. The number of hydrogen-bond donors (Lipinski definition) is 2. The molecular formula is C17H24N2O3. The van der Waals surface area contributed by atoms with Crippen LogP contribution in [0.5, 0.6) is 0 Å². The summed E-state index contributed by atoms with van der Waals surface area (Å²) in [6, 6.07) is 1.04. The minimum Gasteiger partial charge on any atom is -0.480 e. The van der Waals surface area contributed by atoms with Gasteiger partial charge in [0.15, 0.2) is 0 Å². The van der Waals surface area contributed by atoms with Crippen LogP contribution in [0.2, 0.25) is 0 Å². The SMILES string of the molecule is C[C@H](CC#N)[C@@H](NC(=O)C12CC3CC(CC(C3)C1)C2)C(=O)O. The number of hydrogen-bond acceptors (Lipinski definition) is 3. The summed E-state index contributed by atoms with van der Waals surface area (Å²) in [6.07, 6.45) is 6.65. The van der Waals surface area contributed by atoms with Crippen LogP contribution in [0.25, 0.3) is 0 Å². The highest BCUT2D eigenvalue weighted by atomic mass is 16.4. The van der Waals surface area contributed by atoms with Gasteiger partial charge >= 0.3 is 5.97 Å². The van der Waals surface area contributed by atoms with E-state index in [1.807, 2.05) is 6.07 Å². The second-order valence-corrected chi connectivity index (χ2v) is 7.83. The second kappa shape index (κ2) is 5.57. The van der Waals surface area contributed by atoms with Gasteiger partial charge in [0.1, 0.15) is 6.04 Å². The van der Waals surface area contributed by atoms with Crippen molar-refractivity contribution in [2.45, 2.75) is 57.9 Å². The Balaban J connectivity index is 1.73. The molecule has 2 atom stereocenters. The molecule has 0 aromatic heterocycles. The van der Waals surface area contributed by atoms with Gasteiger partial charge in [-0.2, -0.15) is 5.26 Å². The minimum atomic E-state index is -1.04. The first kappa shape index (κ1) is 15.3. The van der Waals surface area contributed by atoms with E-state index in [9.17, 15) is 14.7 Å². The highest BCUT2D eigenvalue weighted by molar-refractivity contribution is 5.88. The van der Waals surface area contributed by atoms with E-state index < -0.39 is 12.0 Å². The number of carboxylic acid groups (broad SMARTS) is 1. The molecule has 4 fully saturated rings. The van der Waals surface area contributed by atoms with Crippen molar-refractivity contribution >= 4 is 11.9 Å². The molecule has 5 nitrogen and oxygen atoms in total. The number of aliphatic carboxylic acids is 1. The van der Waals surface area contributed by atoms with Gasteiger partial charge in [-0.3, -0.25) is 4.79 Å². The third kappa shape index (κ3) is 2.60. The van der Waals surface area contributed by atoms with Crippen LogP contribution in [0.1, 0.15) is 51.9 Å². The van der Waals surface area contributed by atoms with Crippen LogP contribution in [-0.4, -0.2) is 23.0 Å². The summed E-state index contributed by atoms with van der Waals surface area (Å²) in [4.78, 5) is 24.3. The fraction of sp³-hybridized carbons (Fsp3) is 0.824. The fourth-order valence-corrected chi connectivity index (χ4v) is 5.39. The van der Waals surface area contributed by atoms with Crippen molar-refractivity contribution in [3.8, 4) is 6.07 Å². The van der Waals surface area contributed by atoms with Crippen molar-refractivity contribution in [1.29, 1.82) is 5.26 Å². The van der Waals surface area contributed by atoms with Crippen LogP contribution in [-0.2, 0) is 9.59 Å². The monoisotopic (exact) mass is 304 g/mol. The normalized spacial score (nSPS) is 38.1. The molecule has 0 saturated heterocycles. The molecule has 0 unspecified atom stereocenters. The van der Waals surface area contributed by atoms with Gasteiger partial charge in [0, 0.05) is 17.8 Å². The van der Waals surface area contributed by atoms with Gasteiger partial charge in [-0.1, -0.05) is 6.92 Å². The van der Waals surface area contributed by atoms with Gasteiger partial charge in [0.05, 0.1) is 6.07 Å². The first-order chi connectivity index (χ1) is 10.4. The number of nitrogens with zero attached hydrogens (tertiary/aromatic N) is 1. The number of amides is 1. The van der Waals surface area contributed by atoms with Gasteiger partial charge in [-0.05, 0) is 56.3 Å². The van der Waals surface area contributed by atoms with Crippen LogP contribution in [0.4, 0.5) is 0 Å². The molecule has 1 amide bonds. The molecule has 4 saturated carbocycles. The summed E-state index contributed by atoms with van der Waals surface area (Å²) < 4.78 is 0. The molecule has 120 valence electrons. The predicted octanol–water partition coefficient (Wildman–Crippen LogP) is 2.32. The summed E-state index contributed by atoms with van der Waals surface area (Å²) in [5, 5.41) is 20.9. The lowest BCUT2D eigenvalue weighted by atomic mass is 9.49. The molecule has 0 heterocycles. The van der Waals surface area contributed by atoms with Crippen LogP contribution in [0.15, 0.2) is 0 Å². The molecule has 5 heteroatoms. The first-order valence-corrected chi connectivity index (χ1v) is 8.34. The minimum absolute atomic E-state index is 0.0798. The summed E-state index contributed by atoms with van der Waals surface area (Å²) in [5.74, 6) is 0.454. The van der Waals surface area contributed by atoms with E-state index in [0.717, 1.165) is 19.3 Å². The Kier molecular flexibility index (Phi) is 3.88. The number of carbonyl (C=O) groups excluding carboxylic acids is 1. The fourth-order valence-electron chi connectivity index (χ4n) is 5.39. The lowest BCUT2D eigenvalue weighted by Gasteiger charge is -2.55. The third-order valence-electron chi connectivity index (χ3n) is 6.05. The zero-order chi connectivity index (χ0) is 15.9. The molecule has 22 heavy (non-hydrogen) atoms. The summed E-state index contributed by atoms with van der Waals surface area (Å²) >= 11 is 0. The summed E-state index contributed by atoms with van der Waals surface area (Å²) in [6.45, 7) is 1.71. The zero-order valence-electron chi connectivity index (χ0n) is 13.0. The van der Waals surface area contributed by atoms with Crippen molar-refractivity contribution in [2.75, 3.05) is 0 Å². The van der Waals surface area contributed by atoms with Crippen LogP contribution in [0.3, 0.4) is 0 Å². The van der Waals surface area contributed by atoms with Crippen molar-refractivity contribution in [1.82, 2.24) is 5.32 Å². The van der Waals surface area contributed by atoms with Crippen molar-refractivity contribution in [3.63, 3.8) is 0 Å². The Bertz CT molecular complexity index is 487. The van der Waals surface area contributed by atoms with E-state index in [2.05, 4.69) is 5.32 Å². The van der Waals surface area contributed by atoms with E-state index in [1.54, 1.807) is 6.92 Å². The number of carbonyl (C=O) groups is 2. The van der Waals surface area contributed by atoms with E-state index in [1.165, 1.54) is 19.3 Å². The third-order valence-corrected chi connectivity index (χ3v) is 6.05. The molecule has 0 aliphatic heterocycles. The van der Waals surface area contributed by atoms with Crippen LogP contribution < -0.4 is 5.32 Å². The molecule has 0 aromatic rings. The molecule has 0 radical (unpaired) electrons. The molecule has 2 N–H and O–H groups in total. The van der Waals surface area contributed by atoms with E-state index in [-0.39, 0.29) is 23.7 Å². The molecule has 4 bridgehead atoms. The highest BCUT2D eigenvalue weighted by Gasteiger charge is 2.55. The topological polar surface area (TPSA) is 90.2 Å². The molecule has 4 rings (SSSR count). The Hall–Kier alpha value is -1.57. The van der Waals surface area contributed by atoms with Crippen molar-refractivity contribution in [2.24, 2.45) is 29.1 Å². The summed E-state index contributed by atoms with van der Waals surface area (Å²) in [5.41, 5.74) is -0.338. The first-order valence-electron chi connectivity index (χ1n) is 8.34. The van der Waals surface area contributed by atoms with Gasteiger partial charge < -0.3 is 10.4 Å². The second-order valence-electron chi connectivity index (χ2n) is 7.83. The lowest BCUT2D eigenvalue weighted by Crippen LogP contribution is -2.57. The lowest BCUT2D eigenvalue weighted by molar-refractivity contribution is -0.152. The maximum Gasteiger partial charge on any atom is 0.326 e. The number of nitriles is 1. The summed E-state index contributed by atoms with van der Waals surface area (Å²) in [7, 11) is 0. The van der Waals surface area contributed by atoms with E-state index in [0.29, 0.717) is 17.8 Å². The molecule has 0 spiro atoms. The van der Waals surface area contributed by atoms with E-state index >= 15 is 0 Å². The van der Waals surface area contributed by atoms with Gasteiger partial charge in [0.2, 0.25) is 5.91 Å². The quantitative estimate of drug-likeness (QED) is 0.815.